The van der Waals surface area contributed by atoms with Gasteiger partial charge in [0.15, 0.2) is 5.78 Å². The molecule has 0 aromatic heterocycles. The SMILES string of the molecule is CCP1(=O)C2CCC[N+]21C.F[B-](F)(F)F. The quantitative estimate of drug-likeness (QED) is 0.301. The topological polar surface area (TPSA) is 17.1 Å². The Hall–Kier alpha value is -0.0251. The van der Waals surface area contributed by atoms with E-state index in [1.54, 1.807) is 0 Å². The third-order valence-electron chi connectivity index (χ3n) is 3.35. The summed E-state index contributed by atoms with van der Waals surface area (Å²) >= 11 is 0. The van der Waals surface area contributed by atoms with Crippen LogP contribution in [0.2, 0.25) is 0 Å². The van der Waals surface area contributed by atoms with Crippen LogP contribution in [0.3, 0.4) is 0 Å². The molecule has 0 aromatic rings. The van der Waals surface area contributed by atoms with Gasteiger partial charge in [-0.3, -0.25) is 8.82 Å². The van der Waals surface area contributed by atoms with Crippen LogP contribution >= 0.6 is 7.29 Å². The van der Waals surface area contributed by atoms with E-state index in [1.165, 1.54) is 19.4 Å². The first-order chi connectivity index (χ1) is 6.65. The van der Waals surface area contributed by atoms with Gasteiger partial charge < -0.3 is 17.3 Å². The zero-order valence-corrected chi connectivity index (χ0v) is 9.69. The maximum atomic E-state index is 11.9. The molecule has 0 amide bonds. The van der Waals surface area contributed by atoms with Gasteiger partial charge in [0.1, 0.15) is 0 Å². The Labute approximate surface area is 86.8 Å². The molecular weight excluding hydrogens is 232 g/mol. The zero-order chi connectivity index (χ0) is 11.9. The summed E-state index contributed by atoms with van der Waals surface area (Å²) in [5.74, 6) is 0.581. The van der Waals surface area contributed by atoms with E-state index in [0.29, 0.717) is 5.78 Å². The van der Waals surface area contributed by atoms with Crippen LogP contribution in [0.5, 0.6) is 0 Å². The normalized spacial score (nSPS) is 42.9. The Balaban J connectivity index is 0.000000195. The Morgan fingerprint density at radius 2 is 1.87 bits per heavy atom. The predicted molar refractivity (Wildman–Crippen MR) is 52.4 cm³/mol. The predicted octanol–water partition coefficient (Wildman–Crippen LogP) is 3.16. The minimum atomic E-state index is -6.00. The van der Waals surface area contributed by atoms with Gasteiger partial charge in [0, 0.05) is 12.8 Å². The lowest BCUT2D eigenvalue weighted by atomic mass is 10.3. The molecule has 2 rings (SSSR count). The van der Waals surface area contributed by atoms with Gasteiger partial charge in [-0.1, -0.05) is 6.92 Å². The van der Waals surface area contributed by atoms with Crippen molar-refractivity contribution >= 4 is 14.5 Å². The second-order valence-electron chi connectivity index (χ2n) is 4.13. The van der Waals surface area contributed by atoms with Crippen molar-refractivity contribution in [3.63, 3.8) is 0 Å². The molecule has 0 saturated carbocycles. The molecule has 2 aliphatic heterocycles. The highest BCUT2D eigenvalue weighted by Gasteiger charge is 2.75. The summed E-state index contributed by atoms with van der Waals surface area (Å²) < 4.78 is 51.9. The lowest BCUT2D eigenvalue weighted by Crippen LogP contribution is -2.17. The summed E-state index contributed by atoms with van der Waals surface area (Å²) in [7, 11) is -5.52. The van der Waals surface area contributed by atoms with Gasteiger partial charge in [-0.2, -0.15) is 0 Å². The van der Waals surface area contributed by atoms with Crippen molar-refractivity contribution in [2.45, 2.75) is 25.5 Å². The molecule has 0 radical (unpaired) electrons. The smallest absolute Gasteiger partial charge is 0.418 e. The van der Waals surface area contributed by atoms with Crippen LogP contribution in [0.25, 0.3) is 0 Å². The van der Waals surface area contributed by atoms with Crippen LogP contribution < -0.4 is 0 Å². The van der Waals surface area contributed by atoms with Gasteiger partial charge in [0.05, 0.1) is 19.8 Å². The summed E-state index contributed by atoms with van der Waals surface area (Å²) in [5.41, 5.74) is 0. The molecule has 0 aromatic carbocycles. The summed E-state index contributed by atoms with van der Waals surface area (Å²) in [6, 6.07) is 0. The van der Waals surface area contributed by atoms with Crippen molar-refractivity contribution in [1.82, 2.24) is 0 Å². The monoisotopic (exact) mass is 247 g/mol. The largest absolute Gasteiger partial charge is 0.673 e. The molecule has 2 aliphatic rings. The fourth-order valence-corrected chi connectivity index (χ4v) is 6.57. The van der Waals surface area contributed by atoms with Crippen molar-refractivity contribution in [3.05, 3.63) is 0 Å². The van der Waals surface area contributed by atoms with Crippen LogP contribution in [-0.2, 0) is 4.57 Å². The van der Waals surface area contributed by atoms with Crippen molar-refractivity contribution in [2.24, 2.45) is 0 Å². The van der Waals surface area contributed by atoms with Crippen LogP contribution in [0.15, 0.2) is 0 Å². The fourth-order valence-electron chi connectivity index (χ4n) is 2.57. The number of halogens is 4. The zero-order valence-electron chi connectivity index (χ0n) is 8.80. The van der Waals surface area contributed by atoms with Gasteiger partial charge in [0.25, 0.3) is 0 Å². The van der Waals surface area contributed by atoms with Gasteiger partial charge in [-0.25, -0.2) is 0 Å². The van der Waals surface area contributed by atoms with E-state index in [9.17, 15) is 21.8 Å². The minimum Gasteiger partial charge on any atom is -0.418 e. The van der Waals surface area contributed by atoms with E-state index in [0.717, 1.165) is 10.4 Å². The first-order valence-electron chi connectivity index (χ1n) is 4.97. The fraction of sp³-hybridized carbons (Fsp3) is 1.00. The molecule has 8 heteroatoms. The molecule has 3 atom stereocenters. The first-order valence-corrected chi connectivity index (χ1v) is 6.88. The first kappa shape index (κ1) is 13.0. The third kappa shape index (κ3) is 2.39. The standard InChI is InChI=1S/C7H15NOP.BF4/c1-3-10(9)7-5-4-6-8(7,10)2;2-1(3,4)5/h7H,3-6H2,1-2H3;/q+1;-1. The van der Waals surface area contributed by atoms with Gasteiger partial charge in [0.2, 0.25) is 0 Å². The van der Waals surface area contributed by atoms with Gasteiger partial charge in [-0.15, -0.1) is 0 Å². The van der Waals surface area contributed by atoms with Gasteiger partial charge in [-0.05, 0) is 0 Å². The lowest BCUT2D eigenvalue weighted by molar-refractivity contribution is -0.719. The number of hydrogen-bond acceptors (Lipinski definition) is 1. The molecule has 15 heavy (non-hydrogen) atoms. The van der Waals surface area contributed by atoms with E-state index in [-0.39, 0.29) is 0 Å². The number of quaternary nitrogens is 1. The Morgan fingerprint density at radius 1 is 1.40 bits per heavy atom. The third-order valence-corrected chi connectivity index (χ3v) is 7.75. The summed E-state index contributed by atoms with van der Waals surface area (Å²) in [6.07, 6.45) is 3.45. The van der Waals surface area contributed by atoms with E-state index < -0.39 is 14.5 Å². The van der Waals surface area contributed by atoms with Crippen LogP contribution in [0, 0.1) is 0 Å². The minimum absolute atomic E-state index is 0.581. The molecule has 0 bridgehead atoms. The van der Waals surface area contributed by atoms with Crippen molar-refractivity contribution in [3.8, 4) is 0 Å². The highest BCUT2D eigenvalue weighted by molar-refractivity contribution is 7.64. The molecule has 0 aliphatic carbocycles. The number of fused-ring (bicyclic) bond motifs is 1. The summed E-state index contributed by atoms with van der Waals surface area (Å²) in [6.45, 7) is 3.25. The van der Waals surface area contributed by atoms with E-state index in [4.69, 9.17) is 0 Å². The molecule has 0 spiro atoms. The van der Waals surface area contributed by atoms with Crippen molar-refractivity contribution in [1.29, 1.82) is 0 Å². The number of hydrogen-bond donors (Lipinski definition) is 0. The molecule has 2 nitrogen and oxygen atoms in total. The van der Waals surface area contributed by atoms with Crippen LogP contribution in [0.4, 0.5) is 17.3 Å². The molecule has 0 N–H and O–H groups in total. The molecule has 2 saturated heterocycles. The Bertz CT molecular complexity index is 291. The molecule has 2 heterocycles. The Kier molecular flexibility index (Phi) is 3.28. The second-order valence-corrected chi connectivity index (χ2v) is 7.78. The summed E-state index contributed by atoms with van der Waals surface area (Å²) in [4.78, 5) is 0. The molecule has 2 fully saturated rings. The lowest BCUT2D eigenvalue weighted by Gasteiger charge is -2.07. The number of rotatable bonds is 1. The van der Waals surface area contributed by atoms with Crippen LogP contribution in [-0.4, -0.2) is 37.0 Å². The highest BCUT2D eigenvalue weighted by Crippen LogP contribution is 2.81. The molecular formula is C7H15BF4NOP. The van der Waals surface area contributed by atoms with E-state index in [2.05, 4.69) is 14.0 Å². The summed E-state index contributed by atoms with van der Waals surface area (Å²) in [5, 5.41) is 0. The van der Waals surface area contributed by atoms with Crippen LogP contribution in [0.1, 0.15) is 19.8 Å². The molecule has 3 unspecified atom stereocenters. The Morgan fingerprint density at radius 3 is 2.07 bits per heavy atom. The van der Waals surface area contributed by atoms with Crippen molar-refractivity contribution in [2.75, 3.05) is 19.8 Å². The number of nitrogens with zero attached hydrogens (tertiary/aromatic N) is 1. The average Bonchev–Trinajstić information content (AvgIpc) is 2.45. The molecule has 90 valence electrons. The highest BCUT2D eigenvalue weighted by atomic mass is 31.2. The van der Waals surface area contributed by atoms with Crippen molar-refractivity contribution < 1.29 is 26.1 Å². The van der Waals surface area contributed by atoms with E-state index in [1.807, 2.05) is 0 Å². The van der Waals surface area contributed by atoms with Gasteiger partial charge >= 0.3 is 14.5 Å². The second kappa shape index (κ2) is 3.77. The average molecular weight is 247 g/mol. The van der Waals surface area contributed by atoms with E-state index >= 15 is 0 Å². The maximum absolute atomic E-state index is 11.9. The maximum Gasteiger partial charge on any atom is 0.673 e.